The van der Waals surface area contributed by atoms with Crippen molar-refractivity contribution < 1.29 is 24.9 Å². The van der Waals surface area contributed by atoms with Crippen molar-refractivity contribution in [1.29, 1.82) is 0 Å². The fraction of sp³-hybridized carbons (Fsp3) is 0.500. The van der Waals surface area contributed by atoms with Gasteiger partial charge in [0.05, 0.1) is 30.8 Å². The first kappa shape index (κ1) is 15.6. The standard InChI is InChI=1S/C14H20O5/c1-10-4-3-5-12(11(10)2)13(18)19-9-14(6-15,7-16)8-17/h3-5,15-17H,6-9H2,1-2H3. The Morgan fingerprint density at radius 3 is 2.26 bits per heavy atom. The lowest BCUT2D eigenvalue weighted by atomic mass is 9.92. The normalized spacial score (nSPS) is 11.4. The van der Waals surface area contributed by atoms with Gasteiger partial charge in [-0.05, 0) is 31.0 Å². The molecule has 0 aliphatic heterocycles. The van der Waals surface area contributed by atoms with Gasteiger partial charge in [-0.1, -0.05) is 12.1 Å². The van der Waals surface area contributed by atoms with Crippen molar-refractivity contribution in [2.45, 2.75) is 13.8 Å². The van der Waals surface area contributed by atoms with E-state index in [0.717, 1.165) is 11.1 Å². The summed E-state index contributed by atoms with van der Waals surface area (Å²) in [7, 11) is 0. The van der Waals surface area contributed by atoms with E-state index >= 15 is 0 Å². The SMILES string of the molecule is Cc1cccc(C(=O)OCC(CO)(CO)CO)c1C. The fourth-order valence-electron chi connectivity index (χ4n) is 1.56. The summed E-state index contributed by atoms with van der Waals surface area (Å²) in [5.74, 6) is -0.527. The zero-order valence-electron chi connectivity index (χ0n) is 11.2. The first-order valence-corrected chi connectivity index (χ1v) is 6.05. The molecule has 1 rings (SSSR count). The van der Waals surface area contributed by atoms with Gasteiger partial charge in [0.1, 0.15) is 6.61 Å². The van der Waals surface area contributed by atoms with E-state index in [1.807, 2.05) is 19.9 Å². The van der Waals surface area contributed by atoms with Gasteiger partial charge >= 0.3 is 5.97 Å². The summed E-state index contributed by atoms with van der Waals surface area (Å²) < 4.78 is 5.08. The average molecular weight is 268 g/mol. The van der Waals surface area contributed by atoms with E-state index in [9.17, 15) is 4.79 Å². The second-order valence-electron chi connectivity index (χ2n) is 4.80. The zero-order valence-corrected chi connectivity index (χ0v) is 11.2. The molecule has 0 aromatic heterocycles. The first-order valence-electron chi connectivity index (χ1n) is 6.05. The van der Waals surface area contributed by atoms with Crippen LogP contribution in [0.3, 0.4) is 0 Å². The molecule has 5 nitrogen and oxygen atoms in total. The Balaban J connectivity index is 2.78. The van der Waals surface area contributed by atoms with E-state index in [1.165, 1.54) is 0 Å². The van der Waals surface area contributed by atoms with Crippen LogP contribution < -0.4 is 0 Å². The first-order chi connectivity index (χ1) is 8.99. The highest BCUT2D eigenvalue weighted by Crippen LogP contribution is 2.18. The van der Waals surface area contributed by atoms with Crippen molar-refractivity contribution in [2.24, 2.45) is 5.41 Å². The largest absolute Gasteiger partial charge is 0.461 e. The van der Waals surface area contributed by atoms with E-state index in [-0.39, 0.29) is 6.61 Å². The Morgan fingerprint density at radius 2 is 1.74 bits per heavy atom. The van der Waals surface area contributed by atoms with Crippen LogP contribution in [0.1, 0.15) is 21.5 Å². The van der Waals surface area contributed by atoms with Gasteiger partial charge in [-0.3, -0.25) is 0 Å². The molecule has 0 unspecified atom stereocenters. The molecule has 0 amide bonds. The Bertz CT molecular complexity index is 429. The number of esters is 1. The second-order valence-corrected chi connectivity index (χ2v) is 4.80. The number of aliphatic hydroxyl groups excluding tert-OH is 3. The van der Waals surface area contributed by atoms with Crippen LogP contribution in [0.5, 0.6) is 0 Å². The van der Waals surface area contributed by atoms with Crippen molar-refractivity contribution in [1.82, 2.24) is 0 Å². The highest BCUT2D eigenvalue weighted by Gasteiger charge is 2.30. The molecule has 1 aromatic rings. The van der Waals surface area contributed by atoms with Crippen LogP contribution in [0.15, 0.2) is 18.2 Å². The number of hydrogen-bond acceptors (Lipinski definition) is 5. The van der Waals surface area contributed by atoms with Gasteiger partial charge in [-0.15, -0.1) is 0 Å². The molecule has 0 heterocycles. The maximum atomic E-state index is 11.9. The highest BCUT2D eigenvalue weighted by atomic mass is 16.5. The summed E-state index contributed by atoms with van der Waals surface area (Å²) in [4.78, 5) is 11.9. The molecule has 19 heavy (non-hydrogen) atoms. The van der Waals surface area contributed by atoms with Gasteiger partial charge in [0.25, 0.3) is 0 Å². The summed E-state index contributed by atoms with van der Waals surface area (Å²) in [5.41, 5.74) is 1.05. The Hall–Kier alpha value is -1.43. The second kappa shape index (κ2) is 6.65. The monoisotopic (exact) mass is 268 g/mol. The van der Waals surface area contributed by atoms with Gasteiger partial charge in [0, 0.05) is 0 Å². The van der Waals surface area contributed by atoms with Crippen LogP contribution in [-0.2, 0) is 4.74 Å². The lowest BCUT2D eigenvalue weighted by Gasteiger charge is -2.26. The van der Waals surface area contributed by atoms with Crippen molar-refractivity contribution >= 4 is 5.97 Å². The molecule has 106 valence electrons. The molecular weight excluding hydrogens is 248 g/mol. The Morgan fingerprint density at radius 1 is 1.16 bits per heavy atom. The molecule has 0 atom stereocenters. The predicted octanol–water partition coefficient (Wildman–Crippen LogP) is 0.424. The topological polar surface area (TPSA) is 87.0 Å². The van der Waals surface area contributed by atoms with Crippen molar-refractivity contribution in [2.75, 3.05) is 26.4 Å². The summed E-state index contributed by atoms with van der Waals surface area (Å²) in [6.45, 7) is 2.11. The Kier molecular flexibility index (Phi) is 5.47. The summed E-state index contributed by atoms with van der Waals surface area (Å²) in [6.07, 6.45) is 0. The molecule has 0 aliphatic rings. The van der Waals surface area contributed by atoms with Crippen LogP contribution in [0.4, 0.5) is 0 Å². The van der Waals surface area contributed by atoms with Crippen LogP contribution >= 0.6 is 0 Å². The smallest absolute Gasteiger partial charge is 0.338 e. The number of aryl methyl sites for hydroxylation is 1. The zero-order chi connectivity index (χ0) is 14.5. The van der Waals surface area contributed by atoms with Crippen LogP contribution in [0.25, 0.3) is 0 Å². The average Bonchev–Trinajstić information content (AvgIpc) is 2.44. The van der Waals surface area contributed by atoms with Crippen LogP contribution in [0, 0.1) is 19.3 Å². The van der Waals surface area contributed by atoms with Crippen molar-refractivity contribution in [3.63, 3.8) is 0 Å². The molecular formula is C14H20O5. The molecule has 0 bridgehead atoms. The van der Waals surface area contributed by atoms with Gasteiger partial charge in [-0.25, -0.2) is 4.79 Å². The number of benzene rings is 1. The molecule has 5 heteroatoms. The third kappa shape index (κ3) is 3.53. The van der Waals surface area contributed by atoms with Gasteiger partial charge in [0.15, 0.2) is 0 Å². The van der Waals surface area contributed by atoms with Crippen molar-refractivity contribution in [3.05, 3.63) is 34.9 Å². The third-order valence-corrected chi connectivity index (χ3v) is 3.34. The molecule has 3 N–H and O–H groups in total. The summed E-state index contributed by atoms with van der Waals surface area (Å²) >= 11 is 0. The number of rotatable bonds is 6. The lowest BCUT2D eigenvalue weighted by Crippen LogP contribution is -2.39. The van der Waals surface area contributed by atoms with E-state index in [1.54, 1.807) is 12.1 Å². The van der Waals surface area contributed by atoms with E-state index in [2.05, 4.69) is 0 Å². The van der Waals surface area contributed by atoms with E-state index in [4.69, 9.17) is 20.1 Å². The maximum absolute atomic E-state index is 11.9. The minimum atomic E-state index is -1.20. The quantitative estimate of drug-likeness (QED) is 0.651. The number of hydrogen-bond donors (Lipinski definition) is 3. The third-order valence-electron chi connectivity index (χ3n) is 3.34. The molecule has 0 spiro atoms. The molecule has 0 aliphatic carbocycles. The highest BCUT2D eigenvalue weighted by molar-refractivity contribution is 5.91. The minimum Gasteiger partial charge on any atom is -0.461 e. The number of carbonyl (C=O) groups excluding carboxylic acids is 1. The molecule has 0 fully saturated rings. The fourth-order valence-corrected chi connectivity index (χ4v) is 1.56. The molecule has 1 aromatic carbocycles. The number of carbonyl (C=O) groups is 1. The molecule has 0 radical (unpaired) electrons. The van der Waals surface area contributed by atoms with Crippen LogP contribution in [-0.4, -0.2) is 47.7 Å². The maximum Gasteiger partial charge on any atom is 0.338 e. The van der Waals surface area contributed by atoms with Gasteiger partial charge in [-0.2, -0.15) is 0 Å². The lowest BCUT2D eigenvalue weighted by molar-refractivity contribution is -0.0441. The van der Waals surface area contributed by atoms with Crippen LogP contribution in [0.2, 0.25) is 0 Å². The molecule has 0 saturated carbocycles. The minimum absolute atomic E-state index is 0.233. The Labute approximate surface area is 112 Å². The number of aliphatic hydroxyl groups is 3. The van der Waals surface area contributed by atoms with Crippen molar-refractivity contribution in [3.8, 4) is 0 Å². The van der Waals surface area contributed by atoms with Gasteiger partial charge in [0.2, 0.25) is 0 Å². The van der Waals surface area contributed by atoms with Gasteiger partial charge < -0.3 is 20.1 Å². The summed E-state index contributed by atoms with van der Waals surface area (Å²) in [5, 5.41) is 27.4. The number of ether oxygens (including phenoxy) is 1. The molecule has 0 saturated heterocycles. The van der Waals surface area contributed by atoms with E-state index in [0.29, 0.717) is 5.56 Å². The summed E-state index contributed by atoms with van der Waals surface area (Å²) in [6, 6.07) is 5.31. The van der Waals surface area contributed by atoms with E-state index < -0.39 is 31.2 Å². The predicted molar refractivity (Wildman–Crippen MR) is 69.9 cm³/mol.